The molecule has 1 aliphatic heterocycles. The fourth-order valence-corrected chi connectivity index (χ4v) is 2.68. The highest BCUT2D eigenvalue weighted by atomic mass is 35.5. The van der Waals surface area contributed by atoms with Gasteiger partial charge in [0, 0.05) is 25.7 Å². The summed E-state index contributed by atoms with van der Waals surface area (Å²) in [5.41, 5.74) is 0. The van der Waals surface area contributed by atoms with E-state index in [2.05, 4.69) is 28.5 Å². The summed E-state index contributed by atoms with van der Waals surface area (Å²) in [6, 6.07) is 8.32. The fourth-order valence-electron chi connectivity index (χ4n) is 2.68. The molecule has 0 bridgehead atoms. The van der Waals surface area contributed by atoms with Gasteiger partial charge in [0.15, 0.2) is 0 Å². The number of anilines is 1. The largest absolute Gasteiger partial charge is 0.490 e. The molecular formula is C16H22ClN3O. The molecule has 0 radical (unpaired) electrons. The van der Waals surface area contributed by atoms with E-state index < -0.39 is 0 Å². The van der Waals surface area contributed by atoms with E-state index in [0.29, 0.717) is 6.10 Å². The monoisotopic (exact) mass is 307 g/mol. The number of benzene rings is 1. The van der Waals surface area contributed by atoms with Crippen LogP contribution in [0.3, 0.4) is 0 Å². The van der Waals surface area contributed by atoms with Crippen LogP contribution in [0.1, 0.15) is 12.8 Å². The summed E-state index contributed by atoms with van der Waals surface area (Å²) in [4.78, 5) is 6.47. The van der Waals surface area contributed by atoms with Gasteiger partial charge >= 0.3 is 0 Å². The Balaban J connectivity index is 0.00000161. The molecule has 0 amide bonds. The molecule has 2 aromatic rings. The lowest BCUT2D eigenvalue weighted by Gasteiger charge is -2.24. The van der Waals surface area contributed by atoms with Crippen molar-refractivity contribution in [2.45, 2.75) is 18.9 Å². The molecule has 1 aromatic heterocycles. The number of hydrogen-bond acceptors (Lipinski definition) is 4. The van der Waals surface area contributed by atoms with Gasteiger partial charge in [0.2, 0.25) is 0 Å². The number of ether oxygens (including phenoxy) is 1. The maximum absolute atomic E-state index is 6.09. The molecule has 0 unspecified atom stereocenters. The van der Waals surface area contributed by atoms with Gasteiger partial charge in [-0.25, -0.2) is 4.98 Å². The topological polar surface area (TPSA) is 37.4 Å². The Hall–Kier alpha value is -1.52. The zero-order valence-electron chi connectivity index (χ0n) is 12.5. The SMILES string of the molecule is CN(C)c1nccc2cc(OC3CCNCC3)ccc12.Cl. The molecule has 1 N–H and O–H groups in total. The van der Waals surface area contributed by atoms with Gasteiger partial charge in [-0.05, 0) is 55.6 Å². The number of pyridine rings is 1. The van der Waals surface area contributed by atoms with Gasteiger partial charge in [-0.1, -0.05) is 0 Å². The van der Waals surface area contributed by atoms with Gasteiger partial charge in [-0.15, -0.1) is 12.4 Å². The molecule has 0 atom stereocenters. The first-order valence-electron chi connectivity index (χ1n) is 7.17. The minimum Gasteiger partial charge on any atom is -0.490 e. The van der Waals surface area contributed by atoms with Gasteiger partial charge in [0.05, 0.1) is 0 Å². The predicted octanol–water partition coefficient (Wildman–Crippen LogP) is 2.85. The molecule has 2 heterocycles. The summed E-state index contributed by atoms with van der Waals surface area (Å²) in [6.45, 7) is 2.10. The zero-order valence-corrected chi connectivity index (χ0v) is 13.3. The van der Waals surface area contributed by atoms with Crippen LogP contribution >= 0.6 is 12.4 Å². The molecule has 21 heavy (non-hydrogen) atoms. The Kier molecular flexibility index (Phi) is 5.26. The summed E-state index contributed by atoms with van der Waals surface area (Å²) >= 11 is 0. The van der Waals surface area contributed by atoms with Crippen molar-refractivity contribution < 1.29 is 4.74 Å². The second kappa shape index (κ2) is 6.96. The lowest BCUT2D eigenvalue weighted by molar-refractivity contribution is 0.162. The van der Waals surface area contributed by atoms with E-state index in [1.54, 1.807) is 0 Å². The van der Waals surface area contributed by atoms with Gasteiger partial charge < -0.3 is 15.0 Å². The summed E-state index contributed by atoms with van der Waals surface area (Å²) in [5, 5.41) is 5.69. The Bertz CT molecular complexity index is 597. The van der Waals surface area contributed by atoms with E-state index in [9.17, 15) is 0 Å². The number of hydrogen-bond donors (Lipinski definition) is 1. The Morgan fingerprint density at radius 1 is 1.19 bits per heavy atom. The van der Waals surface area contributed by atoms with Crippen molar-refractivity contribution in [2.24, 2.45) is 0 Å². The third-order valence-electron chi connectivity index (χ3n) is 3.73. The first-order chi connectivity index (χ1) is 9.74. The highest BCUT2D eigenvalue weighted by Crippen LogP contribution is 2.27. The van der Waals surface area contributed by atoms with Crippen LogP contribution in [0.5, 0.6) is 5.75 Å². The van der Waals surface area contributed by atoms with E-state index >= 15 is 0 Å². The highest BCUT2D eigenvalue weighted by molar-refractivity contribution is 5.92. The van der Waals surface area contributed by atoms with Crippen molar-refractivity contribution in [1.82, 2.24) is 10.3 Å². The maximum atomic E-state index is 6.09. The number of piperidine rings is 1. The molecule has 0 spiro atoms. The molecule has 1 aromatic carbocycles. The van der Waals surface area contributed by atoms with Crippen LogP contribution in [0.25, 0.3) is 10.8 Å². The van der Waals surface area contributed by atoms with Crippen LogP contribution in [-0.2, 0) is 0 Å². The normalized spacial score (nSPS) is 15.5. The fraction of sp³-hybridized carbons (Fsp3) is 0.438. The Morgan fingerprint density at radius 3 is 2.67 bits per heavy atom. The summed E-state index contributed by atoms with van der Waals surface area (Å²) in [6.07, 6.45) is 4.35. The number of nitrogens with one attached hydrogen (secondary N) is 1. The molecule has 0 saturated carbocycles. The average molecular weight is 308 g/mol. The molecular weight excluding hydrogens is 286 g/mol. The van der Waals surface area contributed by atoms with Crippen molar-refractivity contribution in [3.63, 3.8) is 0 Å². The van der Waals surface area contributed by atoms with Gasteiger partial charge in [0.1, 0.15) is 17.7 Å². The molecule has 1 fully saturated rings. The van der Waals surface area contributed by atoms with Crippen molar-refractivity contribution in [3.8, 4) is 5.75 Å². The molecule has 4 nitrogen and oxygen atoms in total. The lowest BCUT2D eigenvalue weighted by Crippen LogP contribution is -2.34. The van der Waals surface area contributed by atoms with E-state index in [4.69, 9.17) is 4.74 Å². The van der Waals surface area contributed by atoms with Gasteiger partial charge in [0.25, 0.3) is 0 Å². The number of nitrogens with zero attached hydrogens (tertiary/aromatic N) is 2. The Labute approximate surface area is 131 Å². The molecule has 5 heteroatoms. The summed E-state index contributed by atoms with van der Waals surface area (Å²) in [5.74, 6) is 1.95. The predicted molar refractivity (Wildman–Crippen MR) is 89.8 cm³/mol. The van der Waals surface area contributed by atoms with Crippen LogP contribution in [0.15, 0.2) is 30.5 Å². The third kappa shape index (κ3) is 3.57. The van der Waals surface area contributed by atoms with E-state index in [0.717, 1.165) is 42.9 Å². The first kappa shape index (κ1) is 15.9. The maximum Gasteiger partial charge on any atom is 0.135 e. The minimum atomic E-state index is 0. The minimum absolute atomic E-state index is 0. The van der Waals surface area contributed by atoms with E-state index in [1.165, 1.54) is 5.39 Å². The number of rotatable bonds is 3. The van der Waals surface area contributed by atoms with E-state index in [-0.39, 0.29) is 12.4 Å². The van der Waals surface area contributed by atoms with Crippen LogP contribution in [0.2, 0.25) is 0 Å². The second-order valence-corrected chi connectivity index (χ2v) is 5.48. The first-order valence-corrected chi connectivity index (χ1v) is 7.17. The second-order valence-electron chi connectivity index (χ2n) is 5.48. The van der Waals surface area contributed by atoms with Crippen LogP contribution in [-0.4, -0.2) is 38.3 Å². The molecule has 1 saturated heterocycles. The summed E-state index contributed by atoms with van der Waals surface area (Å²) < 4.78 is 6.09. The van der Waals surface area contributed by atoms with Gasteiger partial charge in [-0.3, -0.25) is 0 Å². The average Bonchev–Trinajstić information content (AvgIpc) is 2.47. The summed E-state index contributed by atoms with van der Waals surface area (Å²) in [7, 11) is 4.03. The number of aromatic nitrogens is 1. The van der Waals surface area contributed by atoms with Crippen LogP contribution in [0, 0.1) is 0 Å². The number of halogens is 1. The van der Waals surface area contributed by atoms with Crippen LogP contribution in [0.4, 0.5) is 5.82 Å². The molecule has 1 aliphatic rings. The molecule has 3 rings (SSSR count). The number of fused-ring (bicyclic) bond motifs is 1. The zero-order chi connectivity index (χ0) is 13.9. The highest BCUT2D eigenvalue weighted by Gasteiger charge is 2.14. The van der Waals surface area contributed by atoms with Crippen molar-refractivity contribution in [1.29, 1.82) is 0 Å². The lowest BCUT2D eigenvalue weighted by atomic mass is 10.1. The molecule has 0 aliphatic carbocycles. The standard InChI is InChI=1S/C16H21N3O.ClH/c1-19(2)16-15-4-3-14(11-12(15)5-10-18-16)20-13-6-8-17-9-7-13;/h3-5,10-11,13,17H,6-9H2,1-2H3;1H. The van der Waals surface area contributed by atoms with Crippen LogP contribution < -0.4 is 15.0 Å². The van der Waals surface area contributed by atoms with Gasteiger partial charge in [-0.2, -0.15) is 0 Å². The van der Waals surface area contributed by atoms with Crippen molar-refractivity contribution in [2.75, 3.05) is 32.1 Å². The third-order valence-corrected chi connectivity index (χ3v) is 3.73. The molecule has 114 valence electrons. The van der Waals surface area contributed by atoms with Crippen molar-refractivity contribution in [3.05, 3.63) is 30.5 Å². The smallest absolute Gasteiger partial charge is 0.135 e. The van der Waals surface area contributed by atoms with E-state index in [1.807, 2.05) is 31.3 Å². The quantitative estimate of drug-likeness (QED) is 0.946. The Morgan fingerprint density at radius 2 is 1.95 bits per heavy atom. The van der Waals surface area contributed by atoms with Crippen molar-refractivity contribution >= 4 is 29.0 Å².